The maximum atomic E-state index is 5.35. The molecule has 2 fully saturated rings. The van der Waals surface area contributed by atoms with E-state index in [2.05, 4.69) is 49.2 Å². The van der Waals surface area contributed by atoms with Gasteiger partial charge in [-0.25, -0.2) is 9.97 Å². The third-order valence-electron chi connectivity index (χ3n) is 6.10. The molecule has 27 heavy (non-hydrogen) atoms. The summed E-state index contributed by atoms with van der Waals surface area (Å²) >= 11 is 0. The predicted molar refractivity (Wildman–Crippen MR) is 105 cm³/mol. The highest BCUT2D eigenvalue weighted by molar-refractivity contribution is 5.53. The zero-order valence-electron chi connectivity index (χ0n) is 15.6. The predicted octanol–water partition coefficient (Wildman–Crippen LogP) is 2.06. The van der Waals surface area contributed by atoms with Crippen LogP contribution in [-0.2, 0) is 13.1 Å². The van der Waals surface area contributed by atoms with Gasteiger partial charge in [0.2, 0.25) is 0 Å². The average molecular weight is 366 g/mol. The summed E-state index contributed by atoms with van der Waals surface area (Å²) in [6.07, 6.45) is 5.23. The van der Waals surface area contributed by atoms with E-state index in [0.717, 1.165) is 37.0 Å². The number of nitrogens with one attached hydrogen (secondary N) is 3. The summed E-state index contributed by atoms with van der Waals surface area (Å²) in [5.41, 5.74) is 9.32. The molecule has 5 rings (SSSR count). The molecule has 7 nitrogen and oxygen atoms in total. The Hall–Kier alpha value is -2.38. The zero-order valence-corrected chi connectivity index (χ0v) is 15.6. The molecule has 0 spiro atoms. The Kier molecular flexibility index (Phi) is 4.33. The molecule has 0 radical (unpaired) electrons. The van der Waals surface area contributed by atoms with Crippen molar-refractivity contribution >= 4 is 11.6 Å². The van der Waals surface area contributed by atoms with Gasteiger partial charge >= 0.3 is 0 Å². The van der Waals surface area contributed by atoms with Gasteiger partial charge in [-0.3, -0.25) is 10.9 Å². The highest BCUT2D eigenvalue weighted by Gasteiger charge is 2.33. The second-order valence-electron chi connectivity index (χ2n) is 7.80. The van der Waals surface area contributed by atoms with Gasteiger partial charge in [-0.2, -0.15) is 0 Å². The SMILES string of the molecule is COc1ccc2c(c1)CN(c1cc(NC3CCC4NNCC4C3)ncn1)C2. The average Bonchev–Trinajstić information content (AvgIpc) is 3.33. The molecule has 1 saturated carbocycles. The van der Waals surface area contributed by atoms with E-state index in [1.807, 2.05) is 6.07 Å². The minimum Gasteiger partial charge on any atom is -0.497 e. The zero-order chi connectivity index (χ0) is 18.2. The number of hydrogen-bond acceptors (Lipinski definition) is 7. The lowest BCUT2D eigenvalue weighted by atomic mass is 9.83. The molecule has 3 unspecified atom stereocenters. The van der Waals surface area contributed by atoms with Crippen molar-refractivity contribution in [2.45, 2.75) is 44.4 Å². The van der Waals surface area contributed by atoms with E-state index in [9.17, 15) is 0 Å². The fourth-order valence-electron chi connectivity index (χ4n) is 4.60. The van der Waals surface area contributed by atoms with Gasteiger partial charge in [-0.15, -0.1) is 0 Å². The maximum Gasteiger partial charge on any atom is 0.134 e. The molecule has 1 aromatic heterocycles. The van der Waals surface area contributed by atoms with E-state index in [1.165, 1.54) is 30.4 Å². The van der Waals surface area contributed by atoms with Gasteiger partial charge in [0.25, 0.3) is 0 Å². The summed E-state index contributed by atoms with van der Waals surface area (Å²) in [6, 6.07) is 9.49. The summed E-state index contributed by atoms with van der Waals surface area (Å²) in [5, 5.41) is 3.64. The Morgan fingerprint density at radius 1 is 1.15 bits per heavy atom. The number of anilines is 2. The van der Waals surface area contributed by atoms with Crippen molar-refractivity contribution in [1.82, 2.24) is 20.8 Å². The van der Waals surface area contributed by atoms with Crippen molar-refractivity contribution in [2.75, 3.05) is 23.9 Å². The number of hydrazine groups is 1. The van der Waals surface area contributed by atoms with Gasteiger partial charge in [0.05, 0.1) is 7.11 Å². The van der Waals surface area contributed by atoms with Crippen molar-refractivity contribution in [2.24, 2.45) is 5.92 Å². The number of aromatic nitrogens is 2. The Morgan fingerprint density at radius 2 is 2.07 bits per heavy atom. The smallest absolute Gasteiger partial charge is 0.134 e. The summed E-state index contributed by atoms with van der Waals surface area (Å²) in [6.45, 7) is 2.79. The van der Waals surface area contributed by atoms with Crippen molar-refractivity contribution in [3.05, 3.63) is 41.7 Å². The molecular weight excluding hydrogens is 340 g/mol. The van der Waals surface area contributed by atoms with Crippen molar-refractivity contribution in [3.63, 3.8) is 0 Å². The van der Waals surface area contributed by atoms with E-state index in [-0.39, 0.29) is 0 Å². The van der Waals surface area contributed by atoms with E-state index in [0.29, 0.717) is 18.0 Å². The van der Waals surface area contributed by atoms with Crippen LogP contribution in [0, 0.1) is 5.92 Å². The summed E-state index contributed by atoms with van der Waals surface area (Å²) in [5.74, 6) is 3.52. The Balaban J connectivity index is 1.27. The first-order chi connectivity index (χ1) is 13.3. The standard InChI is InChI=1S/C20H26N6O/c1-27-17-4-2-13-10-26(11-15(13)7-17)20-8-19(21-12-22-20)24-16-3-5-18-14(6-16)9-23-25-18/h2,4,7-8,12,14,16,18,23,25H,3,5-6,9-11H2,1H3,(H,21,22,24). The van der Waals surface area contributed by atoms with E-state index in [4.69, 9.17) is 4.74 Å². The summed E-state index contributed by atoms with van der Waals surface area (Å²) < 4.78 is 5.35. The lowest BCUT2D eigenvalue weighted by Crippen LogP contribution is -2.39. The lowest BCUT2D eigenvalue weighted by Gasteiger charge is -2.31. The topological polar surface area (TPSA) is 74.3 Å². The number of rotatable bonds is 4. The number of hydrogen-bond donors (Lipinski definition) is 3. The van der Waals surface area contributed by atoms with Crippen LogP contribution < -0.4 is 25.8 Å². The molecule has 0 bridgehead atoms. The molecule has 3 N–H and O–H groups in total. The quantitative estimate of drug-likeness (QED) is 0.765. The highest BCUT2D eigenvalue weighted by Crippen LogP contribution is 2.31. The lowest BCUT2D eigenvalue weighted by molar-refractivity contribution is 0.314. The highest BCUT2D eigenvalue weighted by atomic mass is 16.5. The third-order valence-corrected chi connectivity index (χ3v) is 6.10. The van der Waals surface area contributed by atoms with Gasteiger partial charge in [0, 0.05) is 37.8 Å². The van der Waals surface area contributed by atoms with Crippen LogP contribution in [0.3, 0.4) is 0 Å². The van der Waals surface area contributed by atoms with Gasteiger partial charge in [0.1, 0.15) is 23.7 Å². The first-order valence-corrected chi connectivity index (χ1v) is 9.76. The fourth-order valence-corrected chi connectivity index (χ4v) is 4.60. The molecular formula is C20H26N6O. The van der Waals surface area contributed by atoms with Gasteiger partial charge < -0.3 is 15.0 Å². The molecule has 7 heteroatoms. The first kappa shape index (κ1) is 16.8. The molecule has 2 aromatic rings. The Labute approximate surface area is 159 Å². The second kappa shape index (κ2) is 6.98. The van der Waals surface area contributed by atoms with Crippen LogP contribution in [-0.4, -0.2) is 35.7 Å². The number of fused-ring (bicyclic) bond motifs is 2. The summed E-state index contributed by atoms with van der Waals surface area (Å²) in [7, 11) is 1.71. The van der Waals surface area contributed by atoms with Crippen LogP contribution in [0.15, 0.2) is 30.6 Å². The Morgan fingerprint density at radius 3 is 3.00 bits per heavy atom. The van der Waals surface area contributed by atoms with E-state index < -0.39 is 0 Å². The van der Waals surface area contributed by atoms with Crippen molar-refractivity contribution in [1.29, 1.82) is 0 Å². The molecule has 3 heterocycles. The molecule has 3 aliphatic rings. The molecule has 3 atom stereocenters. The van der Waals surface area contributed by atoms with Crippen LogP contribution in [0.25, 0.3) is 0 Å². The number of methoxy groups -OCH3 is 1. The van der Waals surface area contributed by atoms with Crippen molar-refractivity contribution < 1.29 is 4.74 Å². The minimum atomic E-state index is 0.482. The minimum absolute atomic E-state index is 0.482. The first-order valence-electron chi connectivity index (χ1n) is 9.76. The number of benzene rings is 1. The normalized spacial score (nSPS) is 26.6. The maximum absolute atomic E-state index is 5.35. The van der Waals surface area contributed by atoms with Gasteiger partial charge in [-0.05, 0) is 48.4 Å². The summed E-state index contributed by atoms with van der Waals surface area (Å²) in [4.78, 5) is 11.3. The van der Waals surface area contributed by atoms with Crippen LogP contribution in [0.2, 0.25) is 0 Å². The van der Waals surface area contributed by atoms with Gasteiger partial charge in [0.15, 0.2) is 0 Å². The number of nitrogens with zero attached hydrogens (tertiary/aromatic N) is 3. The van der Waals surface area contributed by atoms with Crippen LogP contribution in [0.5, 0.6) is 5.75 Å². The molecule has 1 aromatic carbocycles. The second-order valence-corrected chi connectivity index (χ2v) is 7.80. The van der Waals surface area contributed by atoms with Crippen LogP contribution in [0.1, 0.15) is 30.4 Å². The Bertz CT molecular complexity index is 828. The molecule has 2 aliphatic heterocycles. The largest absolute Gasteiger partial charge is 0.497 e. The monoisotopic (exact) mass is 366 g/mol. The van der Waals surface area contributed by atoms with Crippen LogP contribution in [0.4, 0.5) is 11.6 Å². The van der Waals surface area contributed by atoms with Gasteiger partial charge in [-0.1, -0.05) is 6.07 Å². The molecule has 1 aliphatic carbocycles. The fraction of sp³-hybridized carbons (Fsp3) is 0.500. The van der Waals surface area contributed by atoms with E-state index >= 15 is 0 Å². The van der Waals surface area contributed by atoms with Crippen molar-refractivity contribution in [3.8, 4) is 5.75 Å². The molecule has 0 amide bonds. The third kappa shape index (κ3) is 3.33. The molecule has 1 saturated heterocycles. The number of ether oxygens (including phenoxy) is 1. The van der Waals surface area contributed by atoms with E-state index in [1.54, 1.807) is 13.4 Å². The molecule has 142 valence electrons. The van der Waals surface area contributed by atoms with Crippen LogP contribution >= 0.6 is 0 Å².